The summed E-state index contributed by atoms with van der Waals surface area (Å²) in [5, 5.41) is 11.1. The summed E-state index contributed by atoms with van der Waals surface area (Å²) in [6, 6.07) is 22.3. The van der Waals surface area contributed by atoms with Crippen molar-refractivity contribution in [2.45, 2.75) is 19.8 Å². The molecule has 4 rings (SSSR count). The molecule has 0 aliphatic carbocycles. The van der Waals surface area contributed by atoms with Crippen LogP contribution >= 0.6 is 0 Å². The molecule has 3 aromatic carbocycles. The van der Waals surface area contributed by atoms with E-state index in [1.165, 1.54) is 24.3 Å². The third-order valence-electron chi connectivity index (χ3n) is 5.72. The van der Waals surface area contributed by atoms with E-state index in [-0.39, 0.29) is 17.0 Å². The lowest BCUT2D eigenvalue weighted by Crippen LogP contribution is -2.34. The molecule has 3 aromatic rings. The van der Waals surface area contributed by atoms with Crippen molar-refractivity contribution in [3.05, 3.63) is 106 Å². The van der Waals surface area contributed by atoms with Gasteiger partial charge in [0.05, 0.1) is 16.2 Å². The Balaban J connectivity index is 1.83. The van der Waals surface area contributed by atoms with Crippen LogP contribution in [0, 0.1) is 10.1 Å². The predicted octanol–water partition coefficient (Wildman–Crippen LogP) is 5.14. The molecule has 0 atom stereocenters. The van der Waals surface area contributed by atoms with Crippen molar-refractivity contribution in [1.82, 2.24) is 0 Å². The number of non-ortho nitro benzene ring substituents is 1. The summed E-state index contributed by atoms with van der Waals surface area (Å²) >= 11 is 0. The number of anilines is 2. The first-order valence-electron chi connectivity index (χ1n) is 10.6. The summed E-state index contributed by atoms with van der Waals surface area (Å²) < 4.78 is 0. The van der Waals surface area contributed by atoms with Crippen LogP contribution in [0.1, 0.15) is 30.9 Å². The van der Waals surface area contributed by atoms with Crippen LogP contribution in [0.3, 0.4) is 0 Å². The van der Waals surface area contributed by atoms with E-state index in [4.69, 9.17) is 0 Å². The maximum absolute atomic E-state index is 13.6. The molecule has 0 saturated heterocycles. The highest BCUT2D eigenvalue weighted by molar-refractivity contribution is 6.46. The van der Waals surface area contributed by atoms with Crippen LogP contribution in [0.5, 0.6) is 0 Å². The number of hydrogen-bond acceptors (Lipinski definition) is 5. The van der Waals surface area contributed by atoms with Crippen molar-refractivity contribution >= 4 is 34.4 Å². The van der Waals surface area contributed by atoms with E-state index in [0.29, 0.717) is 17.2 Å². The molecule has 7 heteroatoms. The van der Waals surface area contributed by atoms with Gasteiger partial charge in [0.1, 0.15) is 5.70 Å². The Labute approximate surface area is 191 Å². The smallest absolute Gasteiger partial charge is 0.282 e. The zero-order chi connectivity index (χ0) is 23.7. The number of carbonyl (C=O) groups excluding carboxylic acids is 2. The first-order chi connectivity index (χ1) is 15.8. The topological polar surface area (TPSA) is 83.8 Å². The highest BCUT2D eigenvalue weighted by Crippen LogP contribution is 2.36. The van der Waals surface area contributed by atoms with Gasteiger partial charge in [0.15, 0.2) is 0 Å². The minimum absolute atomic E-state index is 0.0878. The van der Waals surface area contributed by atoms with Crippen LogP contribution in [0.15, 0.2) is 84.6 Å². The molecular weight excluding hydrogens is 418 g/mol. The molecule has 0 aromatic heterocycles. The van der Waals surface area contributed by atoms with Crippen LogP contribution < -0.4 is 9.80 Å². The van der Waals surface area contributed by atoms with E-state index in [0.717, 1.165) is 16.2 Å². The van der Waals surface area contributed by atoms with Crippen molar-refractivity contribution in [2.24, 2.45) is 0 Å². The molecular formula is C26H23N3O4. The first kappa shape index (κ1) is 22.0. The lowest BCUT2D eigenvalue weighted by molar-refractivity contribution is -0.384. The zero-order valence-corrected chi connectivity index (χ0v) is 18.6. The van der Waals surface area contributed by atoms with Gasteiger partial charge < -0.3 is 4.90 Å². The highest BCUT2D eigenvalue weighted by atomic mass is 16.6. The van der Waals surface area contributed by atoms with Crippen molar-refractivity contribution in [1.29, 1.82) is 0 Å². The predicted molar refractivity (Wildman–Crippen MR) is 128 cm³/mol. The average molecular weight is 441 g/mol. The number of para-hydroxylation sites is 1. The number of amides is 2. The summed E-state index contributed by atoms with van der Waals surface area (Å²) in [7, 11) is 1.73. The molecule has 2 amide bonds. The summed E-state index contributed by atoms with van der Waals surface area (Å²) in [4.78, 5) is 40.6. The Bertz CT molecular complexity index is 1250. The van der Waals surface area contributed by atoms with Crippen LogP contribution in [0.25, 0.3) is 5.57 Å². The van der Waals surface area contributed by atoms with E-state index in [2.05, 4.69) is 13.8 Å². The lowest BCUT2D eigenvalue weighted by Gasteiger charge is -2.21. The summed E-state index contributed by atoms with van der Waals surface area (Å²) in [6.07, 6.45) is 0. The second kappa shape index (κ2) is 8.70. The molecule has 0 radical (unpaired) electrons. The summed E-state index contributed by atoms with van der Waals surface area (Å²) in [5.74, 6) is -0.599. The quantitative estimate of drug-likeness (QED) is 0.300. The largest absolute Gasteiger partial charge is 0.339 e. The molecule has 33 heavy (non-hydrogen) atoms. The monoisotopic (exact) mass is 441 g/mol. The Morgan fingerprint density at radius 3 is 2.00 bits per heavy atom. The van der Waals surface area contributed by atoms with Gasteiger partial charge in [-0.25, -0.2) is 4.90 Å². The number of rotatable bonds is 6. The number of benzene rings is 3. The number of nitrogens with zero attached hydrogens (tertiary/aromatic N) is 3. The number of hydrogen-bond donors (Lipinski definition) is 0. The highest BCUT2D eigenvalue weighted by Gasteiger charge is 2.42. The number of nitro benzene ring substituents is 1. The van der Waals surface area contributed by atoms with Gasteiger partial charge in [-0.2, -0.15) is 0 Å². The second-order valence-corrected chi connectivity index (χ2v) is 8.11. The van der Waals surface area contributed by atoms with Crippen LogP contribution in [0.2, 0.25) is 0 Å². The SMILES string of the molecule is CC(C)c1ccc(N2C(=O)C(c3ccc([N+](=O)[O-])cc3)=C(N(C)c3ccccc3)C2=O)cc1. The van der Waals surface area contributed by atoms with E-state index >= 15 is 0 Å². The van der Waals surface area contributed by atoms with Gasteiger partial charge in [-0.3, -0.25) is 19.7 Å². The van der Waals surface area contributed by atoms with Crippen molar-refractivity contribution in [3.8, 4) is 0 Å². The van der Waals surface area contributed by atoms with Crippen molar-refractivity contribution < 1.29 is 14.5 Å². The molecule has 1 heterocycles. The van der Waals surface area contributed by atoms with E-state index in [1.807, 2.05) is 42.5 Å². The number of nitro groups is 1. The Morgan fingerprint density at radius 2 is 1.45 bits per heavy atom. The molecule has 0 bridgehead atoms. The van der Waals surface area contributed by atoms with Crippen molar-refractivity contribution in [2.75, 3.05) is 16.8 Å². The first-order valence-corrected chi connectivity index (χ1v) is 10.6. The van der Waals surface area contributed by atoms with Crippen LogP contribution in [-0.2, 0) is 9.59 Å². The minimum atomic E-state index is -0.501. The van der Waals surface area contributed by atoms with Gasteiger partial charge in [0, 0.05) is 24.9 Å². The molecule has 0 N–H and O–H groups in total. The minimum Gasteiger partial charge on any atom is -0.339 e. The fraction of sp³-hybridized carbons (Fsp3) is 0.154. The second-order valence-electron chi connectivity index (χ2n) is 8.11. The van der Waals surface area contributed by atoms with E-state index < -0.39 is 16.7 Å². The molecule has 0 fully saturated rings. The van der Waals surface area contributed by atoms with Gasteiger partial charge in [-0.05, 0) is 53.4 Å². The summed E-state index contributed by atoms with van der Waals surface area (Å²) in [6.45, 7) is 4.14. The molecule has 1 aliphatic rings. The fourth-order valence-corrected chi connectivity index (χ4v) is 3.86. The average Bonchev–Trinajstić information content (AvgIpc) is 3.09. The van der Waals surface area contributed by atoms with Gasteiger partial charge in [-0.15, -0.1) is 0 Å². The molecule has 166 valence electrons. The van der Waals surface area contributed by atoms with Gasteiger partial charge in [0.25, 0.3) is 17.5 Å². The Morgan fingerprint density at radius 1 is 0.848 bits per heavy atom. The Hall–Kier alpha value is -4.26. The summed E-state index contributed by atoms with van der Waals surface area (Å²) in [5.41, 5.74) is 3.09. The maximum Gasteiger partial charge on any atom is 0.282 e. The van der Waals surface area contributed by atoms with E-state index in [9.17, 15) is 19.7 Å². The third kappa shape index (κ3) is 4.01. The molecule has 7 nitrogen and oxygen atoms in total. The maximum atomic E-state index is 13.6. The fourth-order valence-electron chi connectivity index (χ4n) is 3.86. The lowest BCUT2D eigenvalue weighted by atomic mass is 10.0. The molecule has 1 aliphatic heterocycles. The van der Waals surface area contributed by atoms with Gasteiger partial charge in [0.2, 0.25) is 0 Å². The molecule has 0 unspecified atom stereocenters. The van der Waals surface area contributed by atoms with Crippen LogP contribution in [0.4, 0.5) is 17.1 Å². The molecule has 0 spiro atoms. The standard InChI is InChI=1S/C26H23N3O4/c1-17(2)18-9-13-21(14-10-18)28-25(30)23(19-11-15-22(16-12-19)29(32)33)24(26(28)31)27(3)20-7-5-4-6-8-20/h4-17H,1-3H3. The number of carbonyl (C=O) groups is 2. The Kier molecular flexibility index (Phi) is 5.79. The van der Waals surface area contributed by atoms with Crippen LogP contribution in [-0.4, -0.2) is 23.8 Å². The molecule has 0 saturated carbocycles. The normalized spacial score (nSPS) is 13.8. The van der Waals surface area contributed by atoms with Crippen molar-refractivity contribution in [3.63, 3.8) is 0 Å². The van der Waals surface area contributed by atoms with Gasteiger partial charge >= 0.3 is 0 Å². The number of imide groups is 1. The van der Waals surface area contributed by atoms with E-state index in [1.54, 1.807) is 24.1 Å². The number of likely N-dealkylation sites (N-methyl/N-ethyl adjacent to an activating group) is 1. The zero-order valence-electron chi connectivity index (χ0n) is 18.6. The van der Waals surface area contributed by atoms with Gasteiger partial charge in [-0.1, -0.05) is 44.2 Å². The third-order valence-corrected chi connectivity index (χ3v) is 5.72.